The van der Waals surface area contributed by atoms with Gasteiger partial charge in [0.15, 0.2) is 5.16 Å². The van der Waals surface area contributed by atoms with Crippen molar-refractivity contribution in [3.63, 3.8) is 0 Å². The number of nitriles is 1. The standard InChI is InChI=1S/C20H17BrN4O2S/c1-2-8-25-19(27)16-10-14(21)6-7-17(16)24-20(25)28-12-18(26)23-15-5-3-4-13(9-15)11-22/h3-7,9-10H,2,8,12H2,1H3,(H,23,26). The van der Waals surface area contributed by atoms with Gasteiger partial charge in [0.25, 0.3) is 5.56 Å². The largest absolute Gasteiger partial charge is 0.325 e. The molecule has 2 aromatic carbocycles. The van der Waals surface area contributed by atoms with Gasteiger partial charge >= 0.3 is 0 Å². The van der Waals surface area contributed by atoms with Crippen LogP contribution in [0, 0.1) is 11.3 Å². The maximum atomic E-state index is 12.9. The molecule has 0 aliphatic heterocycles. The summed E-state index contributed by atoms with van der Waals surface area (Å²) in [6, 6.07) is 14.1. The third-order valence-corrected chi connectivity index (χ3v) is 5.41. The molecule has 0 radical (unpaired) electrons. The Labute approximate surface area is 174 Å². The van der Waals surface area contributed by atoms with E-state index in [1.165, 1.54) is 11.8 Å². The first-order valence-electron chi connectivity index (χ1n) is 8.64. The van der Waals surface area contributed by atoms with E-state index in [0.717, 1.165) is 10.9 Å². The number of amides is 1. The fourth-order valence-electron chi connectivity index (χ4n) is 2.70. The molecule has 0 aliphatic carbocycles. The zero-order valence-electron chi connectivity index (χ0n) is 15.1. The summed E-state index contributed by atoms with van der Waals surface area (Å²) in [5, 5.41) is 12.8. The highest BCUT2D eigenvalue weighted by Crippen LogP contribution is 2.21. The number of aromatic nitrogens is 2. The van der Waals surface area contributed by atoms with Crippen LogP contribution in [-0.4, -0.2) is 21.2 Å². The predicted molar refractivity (Wildman–Crippen MR) is 115 cm³/mol. The number of carbonyl (C=O) groups excluding carboxylic acids is 1. The van der Waals surface area contributed by atoms with E-state index in [0.29, 0.717) is 33.9 Å². The third-order valence-electron chi connectivity index (χ3n) is 3.94. The van der Waals surface area contributed by atoms with Gasteiger partial charge in [-0.05, 0) is 42.8 Å². The maximum absolute atomic E-state index is 12.9. The molecule has 1 aromatic heterocycles. The van der Waals surface area contributed by atoms with Crippen LogP contribution >= 0.6 is 27.7 Å². The van der Waals surface area contributed by atoms with Gasteiger partial charge in [0, 0.05) is 16.7 Å². The second-order valence-electron chi connectivity index (χ2n) is 6.04. The number of hydrogen-bond donors (Lipinski definition) is 1. The molecule has 0 spiro atoms. The molecule has 1 heterocycles. The fourth-order valence-corrected chi connectivity index (χ4v) is 3.88. The molecular weight excluding hydrogens is 440 g/mol. The molecule has 0 fully saturated rings. The Balaban J connectivity index is 1.82. The minimum atomic E-state index is -0.228. The smallest absolute Gasteiger partial charge is 0.262 e. The zero-order valence-corrected chi connectivity index (χ0v) is 17.5. The second-order valence-corrected chi connectivity index (χ2v) is 7.90. The molecule has 8 heteroatoms. The Hall–Kier alpha value is -2.63. The summed E-state index contributed by atoms with van der Waals surface area (Å²) in [6.07, 6.45) is 0.780. The lowest BCUT2D eigenvalue weighted by molar-refractivity contribution is -0.113. The average Bonchev–Trinajstić information content (AvgIpc) is 2.69. The number of hydrogen-bond acceptors (Lipinski definition) is 5. The minimum Gasteiger partial charge on any atom is -0.325 e. The van der Waals surface area contributed by atoms with Gasteiger partial charge in [-0.2, -0.15) is 5.26 Å². The molecule has 0 unspecified atom stereocenters. The van der Waals surface area contributed by atoms with Gasteiger partial charge in [0.2, 0.25) is 5.91 Å². The van der Waals surface area contributed by atoms with E-state index in [1.54, 1.807) is 41.0 Å². The SMILES string of the molecule is CCCn1c(SCC(=O)Nc2cccc(C#N)c2)nc2ccc(Br)cc2c1=O. The number of thioether (sulfide) groups is 1. The van der Waals surface area contributed by atoms with Crippen LogP contribution in [0.2, 0.25) is 0 Å². The normalized spacial score (nSPS) is 10.6. The van der Waals surface area contributed by atoms with Gasteiger partial charge in [0.1, 0.15) is 0 Å². The highest BCUT2D eigenvalue weighted by atomic mass is 79.9. The van der Waals surface area contributed by atoms with Crippen molar-refractivity contribution < 1.29 is 4.79 Å². The average molecular weight is 457 g/mol. The number of benzene rings is 2. The number of nitrogens with zero attached hydrogens (tertiary/aromatic N) is 3. The first kappa shape index (κ1) is 20.1. The summed E-state index contributed by atoms with van der Waals surface area (Å²) in [7, 11) is 0. The molecule has 1 amide bonds. The van der Waals surface area contributed by atoms with E-state index in [4.69, 9.17) is 5.26 Å². The topological polar surface area (TPSA) is 87.8 Å². The van der Waals surface area contributed by atoms with E-state index in [-0.39, 0.29) is 17.2 Å². The lowest BCUT2D eigenvalue weighted by Gasteiger charge is -2.12. The van der Waals surface area contributed by atoms with Crippen LogP contribution in [0.1, 0.15) is 18.9 Å². The Morgan fingerprint density at radius 3 is 2.89 bits per heavy atom. The van der Waals surface area contributed by atoms with Crippen molar-refractivity contribution >= 4 is 50.2 Å². The Morgan fingerprint density at radius 1 is 1.32 bits per heavy atom. The van der Waals surface area contributed by atoms with Crippen LogP contribution < -0.4 is 10.9 Å². The summed E-state index contributed by atoms with van der Waals surface area (Å²) < 4.78 is 2.43. The van der Waals surface area contributed by atoms with Crippen molar-refractivity contribution in [3.8, 4) is 6.07 Å². The van der Waals surface area contributed by atoms with Crippen molar-refractivity contribution in [3.05, 3.63) is 62.9 Å². The quantitative estimate of drug-likeness (QED) is 0.444. The summed E-state index contributed by atoms with van der Waals surface area (Å²) in [4.78, 5) is 29.8. The molecular formula is C20H17BrN4O2S. The molecule has 0 saturated heterocycles. The number of fused-ring (bicyclic) bond motifs is 1. The van der Waals surface area contributed by atoms with E-state index in [1.807, 2.05) is 19.1 Å². The first-order valence-corrected chi connectivity index (χ1v) is 10.4. The lowest BCUT2D eigenvalue weighted by atomic mass is 10.2. The molecule has 3 rings (SSSR count). The summed E-state index contributed by atoms with van der Waals surface area (Å²) in [5.74, 6) is -0.122. The highest BCUT2D eigenvalue weighted by molar-refractivity contribution is 9.10. The predicted octanol–water partition coefficient (Wildman–Crippen LogP) is 4.17. The van der Waals surface area contributed by atoms with Crippen LogP contribution in [-0.2, 0) is 11.3 Å². The third kappa shape index (κ3) is 4.61. The molecule has 1 N–H and O–H groups in total. The van der Waals surface area contributed by atoms with Gasteiger partial charge < -0.3 is 5.32 Å². The molecule has 6 nitrogen and oxygen atoms in total. The fraction of sp³-hybridized carbons (Fsp3) is 0.200. The van der Waals surface area contributed by atoms with Crippen LogP contribution in [0.25, 0.3) is 10.9 Å². The maximum Gasteiger partial charge on any atom is 0.262 e. The molecule has 142 valence electrons. The number of halogens is 1. The zero-order chi connectivity index (χ0) is 20.1. The monoisotopic (exact) mass is 456 g/mol. The van der Waals surface area contributed by atoms with E-state index >= 15 is 0 Å². The molecule has 0 aliphatic rings. The molecule has 3 aromatic rings. The van der Waals surface area contributed by atoms with E-state index in [2.05, 4.69) is 26.2 Å². The number of nitrogens with one attached hydrogen (secondary N) is 1. The van der Waals surface area contributed by atoms with Crippen molar-refractivity contribution in [1.82, 2.24) is 9.55 Å². The molecule has 0 saturated carbocycles. The number of anilines is 1. The first-order chi connectivity index (χ1) is 13.5. The van der Waals surface area contributed by atoms with Crippen molar-refractivity contribution in [2.45, 2.75) is 25.0 Å². The van der Waals surface area contributed by atoms with Crippen LogP contribution in [0.3, 0.4) is 0 Å². The van der Waals surface area contributed by atoms with Crippen LogP contribution in [0.4, 0.5) is 5.69 Å². The molecule has 28 heavy (non-hydrogen) atoms. The van der Waals surface area contributed by atoms with Crippen molar-refractivity contribution in [2.24, 2.45) is 0 Å². The van der Waals surface area contributed by atoms with Crippen LogP contribution in [0.15, 0.2) is 56.9 Å². The van der Waals surface area contributed by atoms with Gasteiger partial charge in [-0.25, -0.2) is 4.98 Å². The summed E-state index contributed by atoms with van der Waals surface area (Å²) in [5.41, 5.74) is 1.53. The van der Waals surface area contributed by atoms with E-state index in [9.17, 15) is 9.59 Å². The Morgan fingerprint density at radius 2 is 2.14 bits per heavy atom. The molecule has 0 atom stereocenters. The number of rotatable bonds is 6. The van der Waals surface area contributed by atoms with E-state index < -0.39 is 0 Å². The van der Waals surface area contributed by atoms with Crippen molar-refractivity contribution in [2.75, 3.05) is 11.1 Å². The minimum absolute atomic E-state index is 0.106. The Kier molecular flexibility index (Phi) is 6.49. The molecule has 0 bridgehead atoms. The van der Waals surface area contributed by atoms with Gasteiger partial charge in [-0.15, -0.1) is 0 Å². The second kappa shape index (κ2) is 9.04. The van der Waals surface area contributed by atoms with Crippen molar-refractivity contribution in [1.29, 1.82) is 5.26 Å². The van der Waals surface area contributed by atoms with Crippen LogP contribution in [0.5, 0.6) is 0 Å². The van der Waals surface area contributed by atoms with Gasteiger partial charge in [0.05, 0.1) is 28.3 Å². The number of carbonyl (C=O) groups is 1. The highest BCUT2D eigenvalue weighted by Gasteiger charge is 2.13. The Bertz CT molecular complexity index is 1140. The summed E-state index contributed by atoms with van der Waals surface area (Å²) in [6.45, 7) is 2.52. The van der Waals surface area contributed by atoms with Gasteiger partial charge in [-0.1, -0.05) is 40.7 Å². The lowest BCUT2D eigenvalue weighted by Crippen LogP contribution is -2.24. The summed E-state index contributed by atoms with van der Waals surface area (Å²) >= 11 is 4.61. The van der Waals surface area contributed by atoms with Gasteiger partial charge in [-0.3, -0.25) is 14.2 Å².